The molecule has 0 aliphatic heterocycles. The summed E-state index contributed by atoms with van der Waals surface area (Å²) >= 11 is 6.02. The number of rotatable bonds is 4. The van der Waals surface area contributed by atoms with E-state index in [1.165, 1.54) is 65.6 Å². The number of fused-ring (bicyclic) bond motifs is 1. The fraction of sp³-hybridized carbons (Fsp3) is 0.143. The maximum Gasteiger partial charge on any atom is 0.433 e. The van der Waals surface area contributed by atoms with Crippen molar-refractivity contribution in [3.8, 4) is 11.1 Å². The van der Waals surface area contributed by atoms with E-state index in [4.69, 9.17) is 11.6 Å². The van der Waals surface area contributed by atoms with Crippen molar-refractivity contribution in [2.24, 2.45) is 7.05 Å². The minimum atomic E-state index is -5.20. The number of aryl methyl sites for hydroxylation is 1. The van der Waals surface area contributed by atoms with E-state index in [2.05, 4.69) is 9.97 Å². The number of hydrogen-bond donors (Lipinski definition) is 1. The highest BCUT2D eigenvalue weighted by Gasteiger charge is 2.45. The molecule has 2 heterocycles. The molecular formula is C28H18ClF6N3O. The molecule has 0 fully saturated rings. The SMILES string of the molecule is Cn1cncc1C(O)(c1ccc(Cl)cc1)c1ccc2nc(C(F)(F)F)c(-c3ccccc3)c(C(F)(F)F)c2c1. The van der Waals surface area contributed by atoms with Gasteiger partial charge in [-0.3, -0.25) is 0 Å². The van der Waals surface area contributed by atoms with E-state index in [0.717, 1.165) is 24.3 Å². The highest BCUT2D eigenvalue weighted by molar-refractivity contribution is 6.30. The Kier molecular flexibility index (Phi) is 6.43. The predicted molar refractivity (Wildman–Crippen MR) is 134 cm³/mol. The number of nitrogens with zero attached hydrogens (tertiary/aromatic N) is 3. The lowest BCUT2D eigenvalue weighted by Crippen LogP contribution is -2.31. The Morgan fingerprint density at radius 2 is 1.46 bits per heavy atom. The van der Waals surface area contributed by atoms with Crippen LogP contribution >= 0.6 is 11.6 Å². The Balaban J connectivity index is 1.91. The van der Waals surface area contributed by atoms with Gasteiger partial charge in [-0.2, -0.15) is 26.3 Å². The molecule has 5 rings (SSSR count). The van der Waals surface area contributed by atoms with E-state index >= 15 is 0 Å². The van der Waals surface area contributed by atoms with Crippen LogP contribution in [0.25, 0.3) is 22.0 Å². The Hall–Kier alpha value is -3.89. The second kappa shape index (κ2) is 9.39. The van der Waals surface area contributed by atoms with Crippen LogP contribution in [0.4, 0.5) is 26.3 Å². The number of alkyl halides is 6. The summed E-state index contributed by atoms with van der Waals surface area (Å²) in [5.74, 6) is 0. The molecule has 0 saturated carbocycles. The van der Waals surface area contributed by atoms with Crippen LogP contribution in [0.15, 0.2) is 85.3 Å². The highest BCUT2D eigenvalue weighted by Crippen LogP contribution is 2.48. The first-order chi connectivity index (χ1) is 18.3. The third-order valence-corrected chi connectivity index (χ3v) is 6.72. The van der Waals surface area contributed by atoms with Gasteiger partial charge in [0, 0.05) is 23.0 Å². The van der Waals surface area contributed by atoms with Crippen LogP contribution in [-0.2, 0) is 25.0 Å². The van der Waals surface area contributed by atoms with Gasteiger partial charge in [0.15, 0.2) is 11.3 Å². The third kappa shape index (κ3) is 4.63. The van der Waals surface area contributed by atoms with Gasteiger partial charge in [0.05, 0.1) is 29.3 Å². The van der Waals surface area contributed by atoms with E-state index in [9.17, 15) is 31.4 Å². The Morgan fingerprint density at radius 3 is 2.03 bits per heavy atom. The minimum absolute atomic E-state index is 0.0352. The van der Waals surface area contributed by atoms with Crippen molar-refractivity contribution in [1.82, 2.24) is 14.5 Å². The molecule has 0 radical (unpaired) electrons. The predicted octanol–water partition coefficient (Wildman–Crippen LogP) is 7.61. The van der Waals surface area contributed by atoms with Crippen molar-refractivity contribution in [2.45, 2.75) is 18.0 Å². The molecule has 2 aromatic heterocycles. The van der Waals surface area contributed by atoms with E-state index in [1.807, 2.05) is 0 Å². The molecule has 39 heavy (non-hydrogen) atoms. The van der Waals surface area contributed by atoms with Gasteiger partial charge in [-0.15, -0.1) is 0 Å². The molecule has 11 heteroatoms. The summed E-state index contributed by atoms with van der Waals surface area (Å²) in [5, 5.41) is 11.9. The van der Waals surface area contributed by atoms with Crippen molar-refractivity contribution in [2.75, 3.05) is 0 Å². The van der Waals surface area contributed by atoms with Gasteiger partial charge in [0.2, 0.25) is 0 Å². The summed E-state index contributed by atoms with van der Waals surface area (Å²) in [6.07, 6.45) is -7.61. The molecular weight excluding hydrogens is 544 g/mol. The summed E-state index contributed by atoms with van der Waals surface area (Å²) in [6.45, 7) is 0. The summed E-state index contributed by atoms with van der Waals surface area (Å²) in [4.78, 5) is 7.67. The molecule has 0 bridgehead atoms. The Bertz CT molecular complexity index is 1660. The van der Waals surface area contributed by atoms with Gasteiger partial charge in [-0.05, 0) is 41.0 Å². The highest BCUT2D eigenvalue weighted by atomic mass is 35.5. The van der Waals surface area contributed by atoms with Gasteiger partial charge in [0.1, 0.15) is 0 Å². The molecule has 4 nitrogen and oxygen atoms in total. The van der Waals surface area contributed by atoms with E-state index in [1.54, 1.807) is 7.05 Å². The minimum Gasteiger partial charge on any atom is -0.374 e. The van der Waals surface area contributed by atoms with Crippen LogP contribution in [0.3, 0.4) is 0 Å². The van der Waals surface area contributed by atoms with Gasteiger partial charge < -0.3 is 9.67 Å². The van der Waals surface area contributed by atoms with Crippen molar-refractivity contribution in [3.63, 3.8) is 0 Å². The first-order valence-electron chi connectivity index (χ1n) is 11.4. The zero-order valence-electron chi connectivity index (χ0n) is 20.0. The molecule has 0 amide bonds. The first-order valence-corrected chi connectivity index (χ1v) is 11.8. The number of imidazole rings is 1. The number of hydrogen-bond acceptors (Lipinski definition) is 3. The normalized spacial score (nSPS) is 14.0. The fourth-order valence-electron chi connectivity index (χ4n) is 4.73. The second-order valence-electron chi connectivity index (χ2n) is 8.91. The average molecular weight is 562 g/mol. The molecule has 3 aromatic carbocycles. The molecule has 1 unspecified atom stereocenters. The number of aliphatic hydroxyl groups is 1. The van der Waals surface area contributed by atoms with Gasteiger partial charge in [0.25, 0.3) is 0 Å². The number of aromatic nitrogens is 3. The van der Waals surface area contributed by atoms with Crippen molar-refractivity contribution in [1.29, 1.82) is 0 Å². The average Bonchev–Trinajstić information content (AvgIpc) is 3.33. The molecule has 5 aromatic rings. The summed E-state index contributed by atoms with van der Waals surface area (Å²) in [7, 11) is 1.59. The topological polar surface area (TPSA) is 50.9 Å². The van der Waals surface area contributed by atoms with E-state index < -0.39 is 45.7 Å². The van der Waals surface area contributed by atoms with Crippen LogP contribution in [0.2, 0.25) is 5.02 Å². The Morgan fingerprint density at radius 1 is 0.821 bits per heavy atom. The fourth-order valence-corrected chi connectivity index (χ4v) is 4.86. The zero-order valence-corrected chi connectivity index (χ0v) is 20.8. The Labute approximate surface area is 223 Å². The molecule has 0 saturated heterocycles. The molecule has 200 valence electrons. The van der Waals surface area contributed by atoms with Crippen LogP contribution < -0.4 is 0 Å². The lowest BCUT2D eigenvalue weighted by molar-refractivity contribution is -0.143. The molecule has 0 spiro atoms. The number of benzene rings is 3. The standard InChI is InChI=1S/C28H18ClF6N3O/c1-38-15-36-14-22(38)26(39,17-7-10-19(29)11-8-17)18-9-12-21-20(13-18)24(27(30,31)32)23(16-5-3-2-4-6-16)25(37-21)28(33,34)35/h2-15,39H,1H3. The number of halogens is 7. The molecule has 1 N–H and O–H groups in total. The van der Waals surface area contributed by atoms with Gasteiger partial charge in [-0.25, -0.2) is 9.97 Å². The molecule has 1 atom stereocenters. The quantitative estimate of drug-likeness (QED) is 0.230. The lowest BCUT2D eigenvalue weighted by atomic mass is 9.82. The van der Waals surface area contributed by atoms with Gasteiger partial charge in [-0.1, -0.05) is 60.1 Å². The third-order valence-electron chi connectivity index (χ3n) is 6.47. The van der Waals surface area contributed by atoms with Gasteiger partial charge >= 0.3 is 12.4 Å². The second-order valence-corrected chi connectivity index (χ2v) is 9.35. The first kappa shape index (κ1) is 26.7. The smallest absolute Gasteiger partial charge is 0.374 e. The summed E-state index contributed by atoms with van der Waals surface area (Å²) in [5.41, 5.74) is -6.67. The largest absolute Gasteiger partial charge is 0.433 e. The maximum absolute atomic E-state index is 14.7. The van der Waals surface area contributed by atoms with E-state index in [0.29, 0.717) is 5.02 Å². The van der Waals surface area contributed by atoms with Crippen LogP contribution in [0, 0.1) is 0 Å². The zero-order chi connectivity index (χ0) is 28.2. The molecule has 0 aliphatic rings. The van der Waals surface area contributed by atoms with Crippen LogP contribution in [-0.4, -0.2) is 19.6 Å². The maximum atomic E-state index is 14.7. The monoisotopic (exact) mass is 561 g/mol. The van der Waals surface area contributed by atoms with Crippen LogP contribution in [0.1, 0.15) is 28.1 Å². The van der Waals surface area contributed by atoms with Crippen LogP contribution in [0.5, 0.6) is 0 Å². The van der Waals surface area contributed by atoms with Crippen molar-refractivity contribution in [3.05, 3.63) is 118 Å². The number of pyridine rings is 1. The lowest BCUT2D eigenvalue weighted by Gasteiger charge is -2.30. The summed E-state index contributed by atoms with van der Waals surface area (Å²) < 4.78 is 87.8. The molecule has 0 aliphatic carbocycles. The van der Waals surface area contributed by atoms with E-state index in [-0.39, 0.29) is 22.4 Å². The van der Waals surface area contributed by atoms with Crippen molar-refractivity contribution < 1.29 is 31.4 Å². The van der Waals surface area contributed by atoms with Crippen molar-refractivity contribution >= 4 is 22.5 Å². The summed E-state index contributed by atoms with van der Waals surface area (Å²) in [6, 6.07) is 15.8.